The Bertz CT molecular complexity index is 3080. The molecule has 8 nitrogen and oxygen atoms in total. The van der Waals surface area contributed by atoms with Gasteiger partial charge in [-0.05, 0) is 111 Å². The van der Waals surface area contributed by atoms with Gasteiger partial charge in [0.1, 0.15) is 0 Å². The highest BCUT2D eigenvalue weighted by Gasteiger charge is 2.32. The van der Waals surface area contributed by atoms with E-state index in [1.54, 1.807) is 0 Å². The number of fused-ring (bicyclic) bond motifs is 14. The van der Waals surface area contributed by atoms with Crippen molar-refractivity contribution < 1.29 is 8.97 Å². The summed E-state index contributed by atoms with van der Waals surface area (Å²) in [5, 5.41) is 6.66. The zero-order chi connectivity index (χ0) is 34.2. The maximum Gasteiger partial charge on any atom is 0.256 e. The summed E-state index contributed by atoms with van der Waals surface area (Å²) in [7, 11) is 4.64. The fourth-order valence-electron chi connectivity index (χ4n) is 9.03. The molecule has 2 bridgehead atoms. The van der Waals surface area contributed by atoms with Gasteiger partial charge in [-0.2, -0.15) is 19.9 Å². The van der Waals surface area contributed by atoms with Crippen molar-refractivity contribution in [3.8, 4) is 22.8 Å². The number of benzene rings is 4. The Balaban J connectivity index is 1.63. The van der Waals surface area contributed by atoms with Crippen molar-refractivity contribution in [1.29, 1.82) is 0 Å². The number of hydrogen-bond acceptors (Lipinski definition) is 4. The molecule has 242 valence electrons. The summed E-state index contributed by atoms with van der Waals surface area (Å²) >= 11 is 0. The molecule has 0 saturated carbocycles. The highest BCUT2D eigenvalue weighted by molar-refractivity contribution is 6.14. The Labute approximate surface area is 287 Å². The van der Waals surface area contributed by atoms with E-state index in [-0.39, 0.29) is 0 Å². The fraction of sp³-hybridized carbons (Fsp3) is 0.190. The van der Waals surface area contributed by atoms with Gasteiger partial charge in [0.05, 0.1) is 0 Å². The van der Waals surface area contributed by atoms with Gasteiger partial charge in [0.2, 0.25) is 11.3 Å². The Morgan fingerprint density at radius 1 is 0.440 bits per heavy atom. The maximum atomic E-state index is 5.67. The molecular weight excluding hydrogens is 617 g/mol. The van der Waals surface area contributed by atoms with Gasteiger partial charge in [-0.25, -0.2) is 8.80 Å². The number of aromatic nitrogens is 8. The molecule has 0 radical (unpaired) electrons. The number of hydrogen-bond donors (Lipinski definition) is 0. The van der Waals surface area contributed by atoms with Gasteiger partial charge in [-0.1, -0.05) is 55.6 Å². The van der Waals surface area contributed by atoms with Crippen molar-refractivity contribution in [2.24, 2.45) is 0 Å². The van der Waals surface area contributed by atoms with Crippen LogP contribution in [0.25, 0.3) is 94.8 Å². The van der Waals surface area contributed by atoms with Crippen molar-refractivity contribution in [3.63, 3.8) is 0 Å². The minimum Gasteiger partial charge on any atom is -0.367 e. The Morgan fingerprint density at radius 3 is 1.10 bits per heavy atom. The van der Waals surface area contributed by atoms with Crippen LogP contribution in [0.5, 0.6) is 0 Å². The summed E-state index contributed by atoms with van der Waals surface area (Å²) in [6, 6.07) is 17.6. The lowest BCUT2D eigenvalue weighted by Crippen LogP contribution is -2.31. The van der Waals surface area contributed by atoms with E-state index < -0.39 is 0 Å². The second kappa shape index (κ2) is 8.76. The van der Waals surface area contributed by atoms with Gasteiger partial charge in [-0.3, -0.25) is 4.40 Å². The first kappa shape index (κ1) is 27.9. The standard InChI is InChI=1S/C42H34N8/c1-18-10-11-19(2)27-26(18)34-43-36-28-20(3)12-14-22(5)30(28)38-45-40-32-24(7)16-17-25(8)33(32)41-46-39-31-23(6)15-13-21(4)29(31)37(44-35(27)47(34)9)49(39)42(48(36)38)50(40)41/h10-17H,9H2,1-8H3. The molecule has 6 aromatic heterocycles. The Kier molecular flexibility index (Phi) is 4.89. The third kappa shape index (κ3) is 2.97. The van der Waals surface area contributed by atoms with Gasteiger partial charge in [0.25, 0.3) is 5.78 Å². The second-order valence-corrected chi connectivity index (χ2v) is 14.6. The molecule has 0 spiro atoms. The van der Waals surface area contributed by atoms with Crippen LogP contribution >= 0.6 is 0 Å². The highest BCUT2D eigenvalue weighted by atomic mass is 15.3. The molecule has 1 aliphatic heterocycles. The van der Waals surface area contributed by atoms with E-state index in [1.807, 2.05) is 4.57 Å². The highest BCUT2D eigenvalue weighted by Crippen LogP contribution is 2.42. The zero-order valence-corrected chi connectivity index (χ0v) is 29.4. The Hall–Kier alpha value is -6.02. The average Bonchev–Trinajstić information content (AvgIpc) is 3.79. The van der Waals surface area contributed by atoms with Crippen LogP contribution in [0.3, 0.4) is 0 Å². The van der Waals surface area contributed by atoms with E-state index in [1.165, 1.54) is 11.1 Å². The van der Waals surface area contributed by atoms with Gasteiger partial charge < -0.3 is 4.57 Å². The van der Waals surface area contributed by atoms with Gasteiger partial charge >= 0.3 is 0 Å². The van der Waals surface area contributed by atoms with Crippen LogP contribution in [0.1, 0.15) is 44.5 Å². The molecule has 10 aromatic rings. The van der Waals surface area contributed by atoms with Gasteiger partial charge in [0.15, 0.2) is 34.2 Å². The molecule has 0 aliphatic carbocycles. The molecule has 0 fully saturated rings. The van der Waals surface area contributed by atoms with Crippen molar-refractivity contribution in [3.05, 3.63) is 100 Å². The van der Waals surface area contributed by atoms with Crippen LogP contribution in [0.4, 0.5) is 0 Å². The topological polar surface area (TPSA) is 68.4 Å². The minimum absolute atomic E-state index is 0.789. The average molecular weight is 651 g/mol. The third-order valence-corrected chi connectivity index (χ3v) is 11.5. The predicted octanol–water partition coefficient (Wildman–Crippen LogP) is 8.04. The normalized spacial score (nSPS) is 12.9. The van der Waals surface area contributed by atoms with E-state index in [0.29, 0.717) is 0 Å². The van der Waals surface area contributed by atoms with Crippen LogP contribution in [0, 0.1) is 62.4 Å². The van der Waals surface area contributed by atoms with E-state index in [9.17, 15) is 0 Å². The van der Waals surface area contributed by atoms with Gasteiger partial charge in [-0.15, -0.1) is 0 Å². The predicted molar refractivity (Wildman–Crippen MR) is 199 cm³/mol. The second-order valence-electron chi connectivity index (χ2n) is 14.6. The van der Waals surface area contributed by atoms with Crippen molar-refractivity contribution in [2.75, 3.05) is 0 Å². The van der Waals surface area contributed by atoms with Crippen LogP contribution in [0.15, 0.2) is 48.5 Å². The molecule has 1 aliphatic rings. The fourth-order valence-corrected chi connectivity index (χ4v) is 9.03. The molecule has 4 aromatic carbocycles. The molecule has 0 N–H and O–H groups in total. The van der Waals surface area contributed by atoms with E-state index in [0.717, 1.165) is 128 Å². The van der Waals surface area contributed by atoms with Crippen LogP contribution in [-0.4, -0.2) is 28.7 Å². The minimum atomic E-state index is 0.789. The third-order valence-electron chi connectivity index (χ3n) is 11.5. The first-order chi connectivity index (χ1) is 24.1. The zero-order valence-electron chi connectivity index (χ0n) is 29.4. The molecule has 50 heavy (non-hydrogen) atoms. The summed E-state index contributed by atoms with van der Waals surface area (Å²) in [6.45, 7) is 17.4. The first-order valence-electron chi connectivity index (χ1n) is 17.2. The summed E-state index contributed by atoms with van der Waals surface area (Å²) in [6.07, 6.45) is 0. The van der Waals surface area contributed by atoms with Crippen LogP contribution in [-0.2, 0) is 0 Å². The molecule has 0 atom stereocenters. The van der Waals surface area contributed by atoms with Crippen molar-refractivity contribution in [1.82, 2.24) is 28.7 Å². The monoisotopic (exact) mass is 650 g/mol. The Morgan fingerprint density at radius 2 is 0.740 bits per heavy atom. The molecule has 8 heteroatoms. The lowest BCUT2D eigenvalue weighted by atomic mass is 9.98. The van der Waals surface area contributed by atoms with Gasteiger partial charge in [0, 0.05) is 32.3 Å². The van der Waals surface area contributed by atoms with E-state index in [2.05, 4.69) is 124 Å². The lowest BCUT2D eigenvalue weighted by Gasteiger charge is -2.10. The summed E-state index contributed by atoms with van der Waals surface area (Å²) in [5.41, 5.74) is 16.6. The number of aryl methyl sites for hydroxylation is 8. The van der Waals surface area contributed by atoms with Crippen molar-refractivity contribution in [2.45, 2.75) is 55.4 Å². The number of nitrogens with zero attached hydrogens (tertiary/aromatic N) is 8. The molecule has 0 amide bonds. The van der Waals surface area contributed by atoms with E-state index in [4.69, 9.17) is 19.9 Å². The van der Waals surface area contributed by atoms with Crippen LogP contribution < -0.4 is 8.97 Å². The first-order valence-corrected chi connectivity index (χ1v) is 17.2. The SMILES string of the molecule is [CH2-][n+]1c2nc3c4c(C)ccc(C)c4c4nc5c6c(C)ccc(C)c6c6nc7c8c(C)ccc(C)c8c(nc1-c1c(C)ccc(C)c1-2)n7[c-](n34)[n+]56. The molecule has 0 saturated heterocycles. The van der Waals surface area contributed by atoms with Crippen LogP contribution in [0.2, 0.25) is 0 Å². The smallest absolute Gasteiger partial charge is 0.256 e. The summed E-state index contributed by atoms with van der Waals surface area (Å²) in [5.74, 6) is 2.49. The molecule has 11 rings (SSSR count). The lowest BCUT2D eigenvalue weighted by molar-refractivity contribution is -0.590. The summed E-state index contributed by atoms with van der Waals surface area (Å²) < 4.78 is 8.76. The maximum absolute atomic E-state index is 5.67. The van der Waals surface area contributed by atoms with Crippen molar-refractivity contribution >= 4 is 72.0 Å². The molecule has 7 heterocycles. The quantitative estimate of drug-likeness (QED) is 0.123. The number of rotatable bonds is 0. The molecule has 0 unspecified atom stereocenters. The largest absolute Gasteiger partial charge is 0.367 e. The summed E-state index contributed by atoms with van der Waals surface area (Å²) in [4.78, 5) is 22.6. The molecular formula is C42H34N8. The van der Waals surface area contributed by atoms with E-state index >= 15 is 0 Å².